The highest BCUT2D eigenvalue weighted by atomic mass is 16.5. The molecule has 0 unspecified atom stereocenters. The molecule has 3 amide bonds. The van der Waals surface area contributed by atoms with Gasteiger partial charge in [-0.25, -0.2) is 0 Å². The van der Waals surface area contributed by atoms with Crippen molar-refractivity contribution in [2.75, 3.05) is 66.1 Å². The summed E-state index contributed by atoms with van der Waals surface area (Å²) in [5, 5.41) is 2.88. The van der Waals surface area contributed by atoms with Crippen molar-refractivity contribution in [3.05, 3.63) is 0 Å². The maximum absolute atomic E-state index is 12.5. The molecule has 26 heavy (non-hydrogen) atoms. The molecule has 0 aromatic carbocycles. The number of nitrogens with one attached hydrogen (secondary N) is 1. The van der Waals surface area contributed by atoms with Gasteiger partial charge in [0.15, 0.2) is 0 Å². The van der Waals surface area contributed by atoms with E-state index in [-0.39, 0.29) is 24.3 Å². The van der Waals surface area contributed by atoms with Crippen molar-refractivity contribution >= 4 is 17.7 Å². The molecule has 0 aromatic heterocycles. The largest absolute Gasteiger partial charge is 0.385 e. The van der Waals surface area contributed by atoms with Gasteiger partial charge >= 0.3 is 0 Å². The number of methoxy groups -OCH3 is 1. The first-order chi connectivity index (χ1) is 12.6. The van der Waals surface area contributed by atoms with Gasteiger partial charge in [-0.3, -0.25) is 19.3 Å². The van der Waals surface area contributed by atoms with Crippen molar-refractivity contribution in [2.24, 2.45) is 0 Å². The van der Waals surface area contributed by atoms with Crippen LogP contribution in [-0.4, -0.2) is 98.5 Å². The van der Waals surface area contributed by atoms with Crippen LogP contribution >= 0.6 is 0 Å². The van der Waals surface area contributed by atoms with Gasteiger partial charge in [0.25, 0.3) is 0 Å². The average Bonchev–Trinajstić information content (AvgIpc) is 2.84. The number of nitrogens with zero attached hydrogens (tertiary/aromatic N) is 3. The molecular formula is C18H32N4O4. The summed E-state index contributed by atoms with van der Waals surface area (Å²) in [6.45, 7) is 5.09. The number of likely N-dealkylation sites (tertiary alicyclic amines) is 1. The fraction of sp³-hybridized carbons (Fsp3) is 0.833. The summed E-state index contributed by atoms with van der Waals surface area (Å²) < 4.78 is 4.95. The Morgan fingerprint density at radius 1 is 1.04 bits per heavy atom. The Labute approximate surface area is 155 Å². The van der Waals surface area contributed by atoms with Gasteiger partial charge in [0, 0.05) is 59.4 Å². The van der Waals surface area contributed by atoms with E-state index >= 15 is 0 Å². The second kappa shape index (κ2) is 11.1. The zero-order valence-electron chi connectivity index (χ0n) is 15.9. The second-order valence-electron chi connectivity index (χ2n) is 6.98. The fourth-order valence-corrected chi connectivity index (χ4v) is 3.33. The summed E-state index contributed by atoms with van der Waals surface area (Å²) >= 11 is 0. The molecule has 0 spiro atoms. The first kappa shape index (κ1) is 20.6. The van der Waals surface area contributed by atoms with Crippen molar-refractivity contribution < 1.29 is 19.1 Å². The summed E-state index contributed by atoms with van der Waals surface area (Å²) in [4.78, 5) is 42.0. The van der Waals surface area contributed by atoms with Gasteiger partial charge in [-0.05, 0) is 19.3 Å². The number of carbonyl (C=O) groups excluding carboxylic acids is 3. The van der Waals surface area contributed by atoms with Crippen molar-refractivity contribution in [1.82, 2.24) is 20.0 Å². The van der Waals surface area contributed by atoms with Crippen LogP contribution in [0.5, 0.6) is 0 Å². The van der Waals surface area contributed by atoms with Crippen LogP contribution in [0, 0.1) is 0 Å². The van der Waals surface area contributed by atoms with Gasteiger partial charge in [-0.15, -0.1) is 0 Å². The minimum atomic E-state index is 0.0102. The molecule has 0 aromatic rings. The van der Waals surface area contributed by atoms with Crippen molar-refractivity contribution in [2.45, 2.75) is 32.1 Å². The lowest BCUT2D eigenvalue weighted by Gasteiger charge is -2.35. The zero-order chi connectivity index (χ0) is 18.8. The predicted molar refractivity (Wildman–Crippen MR) is 97.6 cm³/mol. The Kier molecular flexibility index (Phi) is 8.84. The summed E-state index contributed by atoms with van der Waals surface area (Å²) in [6, 6.07) is 0. The van der Waals surface area contributed by atoms with Crippen molar-refractivity contribution in [1.29, 1.82) is 0 Å². The zero-order valence-corrected chi connectivity index (χ0v) is 15.9. The molecule has 0 radical (unpaired) electrons. The molecule has 0 aliphatic carbocycles. The molecule has 148 valence electrons. The van der Waals surface area contributed by atoms with Crippen LogP contribution in [0.15, 0.2) is 0 Å². The highest BCUT2D eigenvalue weighted by molar-refractivity contribution is 5.85. The number of rotatable bonds is 8. The van der Waals surface area contributed by atoms with Crippen molar-refractivity contribution in [3.8, 4) is 0 Å². The van der Waals surface area contributed by atoms with Crippen LogP contribution in [0.25, 0.3) is 0 Å². The predicted octanol–water partition coefficient (Wildman–Crippen LogP) is -0.314. The Hall–Kier alpha value is -1.67. The SMILES string of the molecule is COCCCNC(=O)CN1CCN(C(=O)CN2CCCCCC2=O)CC1. The first-order valence-corrected chi connectivity index (χ1v) is 9.63. The van der Waals surface area contributed by atoms with Gasteiger partial charge in [-0.2, -0.15) is 0 Å². The van der Waals surface area contributed by atoms with E-state index < -0.39 is 0 Å². The molecule has 2 rings (SSSR count). The number of hydrogen-bond acceptors (Lipinski definition) is 5. The monoisotopic (exact) mass is 368 g/mol. The third-order valence-corrected chi connectivity index (χ3v) is 4.94. The van der Waals surface area contributed by atoms with Crippen LogP contribution < -0.4 is 5.32 Å². The smallest absolute Gasteiger partial charge is 0.242 e. The van der Waals surface area contributed by atoms with Crippen LogP contribution in [0.3, 0.4) is 0 Å². The van der Waals surface area contributed by atoms with Crippen LogP contribution in [0.4, 0.5) is 0 Å². The molecule has 0 saturated carbocycles. The molecule has 2 aliphatic heterocycles. The molecule has 2 saturated heterocycles. The molecule has 2 heterocycles. The molecule has 0 bridgehead atoms. The minimum absolute atomic E-state index is 0.0102. The molecule has 1 N–H and O–H groups in total. The topological polar surface area (TPSA) is 82.2 Å². The third kappa shape index (κ3) is 6.92. The number of piperazine rings is 1. The Balaban J connectivity index is 1.66. The third-order valence-electron chi connectivity index (χ3n) is 4.94. The molecule has 8 nitrogen and oxygen atoms in total. The lowest BCUT2D eigenvalue weighted by atomic mass is 10.2. The molecular weight excluding hydrogens is 336 g/mol. The van der Waals surface area contributed by atoms with Crippen LogP contribution in [0.1, 0.15) is 32.1 Å². The number of ether oxygens (including phenoxy) is 1. The highest BCUT2D eigenvalue weighted by Crippen LogP contribution is 2.12. The van der Waals surface area contributed by atoms with E-state index in [4.69, 9.17) is 4.74 Å². The molecule has 2 aliphatic rings. The number of amides is 3. The lowest BCUT2D eigenvalue weighted by Crippen LogP contribution is -2.53. The van der Waals surface area contributed by atoms with Crippen LogP contribution in [-0.2, 0) is 19.1 Å². The van der Waals surface area contributed by atoms with Gasteiger partial charge in [0.1, 0.15) is 0 Å². The lowest BCUT2D eigenvalue weighted by molar-refractivity contribution is -0.141. The van der Waals surface area contributed by atoms with E-state index in [1.54, 1.807) is 12.0 Å². The normalized spacial score (nSPS) is 19.3. The standard InChI is InChI=1S/C18H32N4O4/c1-26-13-5-7-19-16(23)14-20-9-11-21(12-10-20)18(25)15-22-8-4-2-3-6-17(22)24/h2-15H2,1H3,(H,19,23). The highest BCUT2D eigenvalue weighted by Gasteiger charge is 2.25. The van der Waals surface area contributed by atoms with E-state index in [1.165, 1.54) is 0 Å². The van der Waals surface area contributed by atoms with Gasteiger partial charge in [-0.1, -0.05) is 6.42 Å². The van der Waals surface area contributed by atoms with Crippen LogP contribution in [0.2, 0.25) is 0 Å². The fourth-order valence-electron chi connectivity index (χ4n) is 3.33. The van der Waals surface area contributed by atoms with Crippen molar-refractivity contribution in [3.63, 3.8) is 0 Å². The quantitative estimate of drug-likeness (QED) is 0.594. The van der Waals surface area contributed by atoms with E-state index in [0.717, 1.165) is 25.7 Å². The number of hydrogen-bond donors (Lipinski definition) is 1. The van der Waals surface area contributed by atoms with E-state index in [1.807, 2.05) is 4.90 Å². The van der Waals surface area contributed by atoms with E-state index in [0.29, 0.717) is 58.8 Å². The second-order valence-corrected chi connectivity index (χ2v) is 6.98. The summed E-state index contributed by atoms with van der Waals surface area (Å²) in [5.41, 5.74) is 0. The molecule has 2 fully saturated rings. The van der Waals surface area contributed by atoms with Gasteiger partial charge in [0.2, 0.25) is 17.7 Å². The minimum Gasteiger partial charge on any atom is -0.385 e. The van der Waals surface area contributed by atoms with Gasteiger partial charge < -0.3 is 19.9 Å². The summed E-state index contributed by atoms with van der Waals surface area (Å²) in [7, 11) is 1.64. The Morgan fingerprint density at radius 2 is 1.81 bits per heavy atom. The first-order valence-electron chi connectivity index (χ1n) is 9.63. The summed E-state index contributed by atoms with van der Waals surface area (Å²) in [5.74, 6) is 0.125. The summed E-state index contributed by atoms with van der Waals surface area (Å²) in [6.07, 6.45) is 4.32. The molecule has 0 atom stereocenters. The Bertz CT molecular complexity index is 478. The maximum Gasteiger partial charge on any atom is 0.242 e. The van der Waals surface area contributed by atoms with Gasteiger partial charge in [0.05, 0.1) is 13.1 Å². The average molecular weight is 368 g/mol. The Morgan fingerprint density at radius 3 is 2.54 bits per heavy atom. The van der Waals surface area contributed by atoms with E-state index in [2.05, 4.69) is 10.2 Å². The number of carbonyl (C=O) groups is 3. The van der Waals surface area contributed by atoms with E-state index in [9.17, 15) is 14.4 Å². The molecule has 8 heteroatoms. The maximum atomic E-state index is 12.5.